The number of carbonyl (C=O) groups excluding carboxylic acids is 2. The van der Waals surface area contributed by atoms with E-state index in [2.05, 4.69) is 5.32 Å². The van der Waals surface area contributed by atoms with Crippen molar-refractivity contribution in [3.8, 4) is 0 Å². The summed E-state index contributed by atoms with van der Waals surface area (Å²) >= 11 is 0. The maximum atomic E-state index is 12.7. The van der Waals surface area contributed by atoms with Crippen LogP contribution in [0.1, 0.15) is 12.8 Å². The van der Waals surface area contributed by atoms with Crippen molar-refractivity contribution in [3.63, 3.8) is 0 Å². The zero-order valence-electron chi connectivity index (χ0n) is 10.1. The summed E-state index contributed by atoms with van der Waals surface area (Å²) < 4.78 is 12.7. The van der Waals surface area contributed by atoms with Crippen molar-refractivity contribution in [2.45, 2.75) is 12.8 Å². The molecular formula is C13H15FN2O2. The summed E-state index contributed by atoms with van der Waals surface area (Å²) in [7, 11) is 1.62. The predicted octanol–water partition coefficient (Wildman–Crippen LogP) is 1.63. The van der Waals surface area contributed by atoms with Crippen LogP contribution in [0.3, 0.4) is 0 Å². The fourth-order valence-corrected chi connectivity index (χ4v) is 1.67. The fourth-order valence-electron chi connectivity index (χ4n) is 1.67. The molecular weight excluding hydrogens is 235 g/mol. The van der Waals surface area contributed by atoms with Gasteiger partial charge in [-0.25, -0.2) is 4.39 Å². The Balaban J connectivity index is 1.84. The van der Waals surface area contributed by atoms with Gasteiger partial charge in [-0.2, -0.15) is 0 Å². The number of hydrogen-bond acceptors (Lipinski definition) is 2. The second-order valence-electron chi connectivity index (χ2n) is 4.52. The summed E-state index contributed by atoms with van der Waals surface area (Å²) in [6.07, 6.45) is 1.84. The summed E-state index contributed by atoms with van der Waals surface area (Å²) in [5, 5.41) is 2.61. The number of anilines is 1. The highest BCUT2D eigenvalue weighted by Gasteiger charge is 2.32. The summed E-state index contributed by atoms with van der Waals surface area (Å²) in [6.45, 7) is 0.0205. The average Bonchev–Trinajstić information content (AvgIpc) is 3.15. The minimum Gasteiger partial charge on any atom is -0.336 e. The number of hydrogen-bond donors (Lipinski definition) is 1. The van der Waals surface area contributed by atoms with Gasteiger partial charge in [0.05, 0.1) is 6.54 Å². The van der Waals surface area contributed by atoms with Gasteiger partial charge in [-0.05, 0) is 37.1 Å². The zero-order valence-corrected chi connectivity index (χ0v) is 10.1. The summed E-state index contributed by atoms with van der Waals surface area (Å²) in [5.41, 5.74) is 0.522. The van der Waals surface area contributed by atoms with Crippen LogP contribution in [0.25, 0.3) is 0 Å². The zero-order chi connectivity index (χ0) is 13.1. The molecule has 0 saturated heterocycles. The van der Waals surface area contributed by atoms with E-state index >= 15 is 0 Å². The Hall–Kier alpha value is -1.91. The molecule has 2 rings (SSSR count). The van der Waals surface area contributed by atoms with Crippen LogP contribution in [0.2, 0.25) is 0 Å². The van der Waals surface area contributed by atoms with Gasteiger partial charge in [0.2, 0.25) is 11.8 Å². The minimum absolute atomic E-state index is 0.0178. The number of carbonyl (C=O) groups is 2. The molecule has 1 aromatic carbocycles. The Labute approximate surface area is 105 Å². The van der Waals surface area contributed by atoms with E-state index < -0.39 is 0 Å². The first kappa shape index (κ1) is 12.5. The molecule has 0 atom stereocenters. The summed E-state index contributed by atoms with van der Waals surface area (Å²) in [6, 6.07) is 5.51. The van der Waals surface area contributed by atoms with Gasteiger partial charge in [-0.1, -0.05) is 0 Å². The highest BCUT2D eigenvalue weighted by atomic mass is 19.1. The van der Waals surface area contributed by atoms with Crippen LogP contribution in [0, 0.1) is 11.7 Å². The fraction of sp³-hybridized carbons (Fsp3) is 0.385. The summed E-state index contributed by atoms with van der Waals surface area (Å²) in [4.78, 5) is 24.7. The number of likely N-dealkylation sites (N-methyl/N-ethyl adjacent to an activating group) is 1. The van der Waals surface area contributed by atoms with E-state index in [9.17, 15) is 14.0 Å². The van der Waals surface area contributed by atoms with E-state index in [0.29, 0.717) is 5.69 Å². The highest BCUT2D eigenvalue weighted by molar-refractivity contribution is 5.95. The third-order valence-electron chi connectivity index (χ3n) is 2.81. The lowest BCUT2D eigenvalue weighted by Gasteiger charge is -2.16. The molecule has 18 heavy (non-hydrogen) atoms. The Morgan fingerprint density at radius 3 is 2.50 bits per heavy atom. The molecule has 0 bridgehead atoms. The van der Waals surface area contributed by atoms with Gasteiger partial charge >= 0.3 is 0 Å². The maximum absolute atomic E-state index is 12.7. The second-order valence-corrected chi connectivity index (χ2v) is 4.52. The van der Waals surface area contributed by atoms with Gasteiger partial charge in [0.1, 0.15) is 5.82 Å². The number of halogens is 1. The molecule has 0 unspecified atom stereocenters. The van der Waals surface area contributed by atoms with E-state index in [-0.39, 0.29) is 30.1 Å². The van der Waals surface area contributed by atoms with Crippen molar-refractivity contribution in [2.75, 3.05) is 18.9 Å². The standard InChI is InChI=1S/C13H15FN2O2/c1-16(13(18)9-2-3-9)8-12(17)15-11-6-4-10(14)5-7-11/h4-7,9H,2-3,8H2,1H3,(H,15,17). The van der Waals surface area contributed by atoms with Crippen LogP contribution < -0.4 is 5.32 Å². The number of rotatable bonds is 4. The number of nitrogens with one attached hydrogen (secondary N) is 1. The van der Waals surface area contributed by atoms with Crippen molar-refractivity contribution in [2.24, 2.45) is 5.92 Å². The molecule has 0 aliphatic heterocycles. The van der Waals surface area contributed by atoms with Gasteiger partial charge in [0.25, 0.3) is 0 Å². The quantitative estimate of drug-likeness (QED) is 0.883. The van der Waals surface area contributed by atoms with Crippen molar-refractivity contribution in [3.05, 3.63) is 30.1 Å². The molecule has 1 fully saturated rings. The lowest BCUT2D eigenvalue weighted by atomic mass is 10.3. The monoisotopic (exact) mass is 250 g/mol. The SMILES string of the molecule is CN(CC(=O)Nc1ccc(F)cc1)C(=O)C1CC1. The van der Waals surface area contributed by atoms with Gasteiger partial charge in [0, 0.05) is 18.7 Å². The molecule has 1 N–H and O–H groups in total. The first-order chi connectivity index (χ1) is 8.56. The Bertz CT molecular complexity index is 455. The van der Waals surface area contributed by atoms with Crippen LogP contribution in [-0.2, 0) is 9.59 Å². The average molecular weight is 250 g/mol. The summed E-state index contributed by atoms with van der Waals surface area (Å²) in [5.74, 6) is -0.509. The minimum atomic E-state index is -0.353. The van der Waals surface area contributed by atoms with Crippen molar-refractivity contribution < 1.29 is 14.0 Å². The lowest BCUT2D eigenvalue weighted by Crippen LogP contribution is -2.35. The molecule has 1 aromatic rings. The Kier molecular flexibility index (Phi) is 3.60. The van der Waals surface area contributed by atoms with Gasteiger partial charge < -0.3 is 10.2 Å². The number of amides is 2. The molecule has 0 heterocycles. The van der Waals surface area contributed by atoms with Gasteiger partial charge in [-0.3, -0.25) is 9.59 Å². The number of benzene rings is 1. The van der Waals surface area contributed by atoms with Gasteiger partial charge in [0.15, 0.2) is 0 Å². The normalized spacial score (nSPS) is 14.1. The molecule has 0 radical (unpaired) electrons. The first-order valence-corrected chi connectivity index (χ1v) is 5.86. The van der Waals surface area contributed by atoms with Gasteiger partial charge in [-0.15, -0.1) is 0 Å². The largest absolute Gasteiger partial charge is 0.336 e. The third kappa shape index (κ3) is 3.29. The predicted molar refractivity (Wildman–Crippen MR) is 65.4 cm³/mol. The van der Waals surface area contributed by atoms with Crippen LogP contribution in [0.15, 0.2) is 24.3 Å². The molecule has 0 spiro atoms. The maximum Gasteiger partial charge on any atom is 0.243 e. The molecule has 96 valence electrons. The topological polar surface area (TPSA) is 49.4 Å². The van der Waals surface area contributed by atoms with Crippen LogP contribution >= 0.6 is 0 Å². The third-order valence-corrected chi connectivity index (χ3v) is 2.81. The van der Waals surface area contributed by atoms with Crippen molar-refractivity contribution >= 4 is 17.5 Å². The van der Waals surface area contributed by atoms with Crippen molar-refractivity contribution in [1.29, 1.82) is 0 Å². The second kappa shape index (κ2) is 5.16. The van der Waals surface area contributed by atoms with E-state index in [1.165, 1.54) is 29.2 Å². The van der Waals surface area contributed by atoms with Crippen LogP contribution in [-0.4, -0.2) is 30.3 Å². The van der Waals surface area contributed by atoms with E-state index in [4.69, 9.17) is 0 Å². The molecule has 4 nitrogen and oxygen atoms in total. The lowest BCUT2D eigenvalue weighted by molar-refractivity contribution is -0.134. The first-order valence-electron chi connectivity index (χ1n) is 5.86. The van der Waals surface area contributed by atoms with E-state index in [1.54, 1.807) is 7.05 Å². The molecule has 1 aliphatic carbocycles. The number of nitrogens with zero attached hydrogens (tertiary/aromatic N) is 1. The Morgan fingerprint density at radius 2 is 1.94 bits per heavy atom. The molecule has 2 amide bonds. The molecule has 0 aromatic heterocycles. The molecule has 5 heteroatoms. The van der Waals surface area contributed by atoms with Crippen LogP contribution in [0.5, 0.6) is 0 Å². The van der Waals surface area contributed by atoms with E-state index in [1.807, 2.05) is 0 Å². The molecule has 1 aliphatic rings. The highest BCUT2D eigenvalue weighted by Crippen LogP contribution is 2.30. The van der Waals surface area contributed by atoms with E-state index in [0.717, 1.165) is 12.8 Å². The Morgan fingerprint density at radius 1 is 1.33 bits per heavy atom. The molecule has 1 saturated carbocycles. The van der Waals surface area contributed by atoms with Crippen molar-refractivity contribution in [1.82, 2.24) is 4.90 Å². The van der Waals surface area contributed by atoms with Crippen LogP contribution in [0.4, 0.5) is 10.1 Å². The smallest absolute Gasteiger partial charge is 0.243 e.